The Morgan fingerprint density at radius 1 is 1.43 bits per heavy atom. The van der Waals surface area contributed by atoms with Gasteiger partial charge in [0.2, 0.25) is 0 Å². The summed E-state index contributed by atoms with van der Waals surface area (Å²) in [6.07, 6.45) is 4.86. The van der Waals surface area contributed by atoms with Crippen LogP contribution in [0.25, 0.3) is 0 Å². The van der Waals surface area contributed by atoms with Crippen molar-refractivity contribution in [3.8, 4) is 0 Å². The Hall–Kier alpha value is -0.0900. The van der Waals surface area contributed by atoms with Gasteiger partial charge in [-0.2, -0.15) is 0 Å². The Kier molecular flexibility index (Phi) is 2.60. The van der Waals surface area contributed by atoms with Crippen molar-refractivity contribution in [2.75, 3.05) is 12.3 Å². The Bertz CT molecular complexity index is 304. The fraction of sp³-hybridized carbons (Fsp3) is 1.00. The zero-order chi connectivity index (χ0) is 10.2. The molecule has 1 N–H and O–H groups in total. The first-order valence-corrected chi connectivity index (χ1v) is 7.20. The topological polar surface area (TPSA) is 46.2 Å². The average molecular weight is 217 g/mol. The third kappa shape index (κ3) is 1.96. The molecule has 14 heavy (non-hydrogen) atoms. The third-order valence-electron chi connectivity index (χ3n) is 3.60. The Morgan fingerprint density at radius 2 is 2.21 bits per heavy atom. The lowest BCUT2D eigenvalue weighted by Gasteiger charge is -2.27. The quantitative estimate of drug-likeness (QED) is 0.753. The fourth-order valence-corrected chi connectivity index (χ4v) is 4.77. The van der Waals surface area contributed by atoms with Crippen LogP contribution in [-0.4, -0.2) is 31.5 Å². The predicted octanol–water partition coefficient (Wildman–Crippen LogP) is 1.10. The van der Waals surface area contributed by atoms with Gasteiger partial charge in [-0.1, -0.05) is 0 Å². The van der Waals surface area contributed by atoms with Crippen molar-refractivity contribution >= 4 is 9.84 Å². The van der Waals surface area contributed by atoms with E-state index < -0.39 is 9.84 Å². The van der Waals surface area contributed by atoms with Gasteiger partial charge in [-0.3, -0.25) is 0 Å². The summed E-state index contributed by atoms with van der Waals surface area (Å²) in [7, 11) is -2.75. The summed E-state index contributed by atoms with van der Waals surface area (Å²) in [6, 6.07) is 0. The van der Waals surface area contributed by atoms with Gasteiger partial charge in [-0.15, -0.1) is 0 Å². The minimum atomic E-state index is -2.75. The third-order valence-corrected chi connectivity index (χ3v) is 5.87. The molecule has 0 aliphatic carbocycles. The minimum absolute atomic E-state index is 0.0712. The maximum atomic E-state index is 11.7. The summed E-state index contributed by atoms with van der Waals surface area (Å²) in [5.41, 5.74) is 0.0854. The normalized spacial score (nSPS) is 41.6. The zero-order valence-electron chi connectivity index (χ0n) is 8.75. The monoisotopic (exact) mass is 217 g/mol. The molecule has 3 nitrogen and oxygen atoms in total. The van der Waals surface area contributed by atoms with Crippen molar-refractivity contribution in [1.29, 1.82) is 0 Å². The summed E-state index contributed by atoms with van der Waals surface area (Å²) in [6.45, 7) is 3.21. The number of hydrogen-bond donors (Lipinski definition) is 1. The maximum absolute atomic E-state index is 11.7. The molecular formula is C10H19NO2S. The molecule has 2 saturated heterocycles. The first-order chi connectivity index (χ1) is 6.52. The van der Waals surface area contributed by atoms with Crippen molar-refractivity contribution in [1.82, 2.24) is 5.32 Å². The molecule has 2 heterocycles. The van der Waals surface area contributed by atoms with E-state index in [9.17, 15) is 8.42 Å². The van der Waals surface area contributed by atoms with Crippen LogP contribution in [0.2, 0.25) is 0 Å². The second-order valence-electron chi connectivity index (χ2n) is 4.93. The molecular weight excluding hydrogens is 198 g/mol. The molecule has 0 aromatic heterocycles. The molecule has 2 aliphatic heterocycles. The highest BCUT2D eigenvalue weighted by Crippen LogP contribution is 2.31. The van der Waals surface area contributed by atoms with Gasteiger partial charge >= 0.3 is 0 Å². The van der Waals surface area contributed by atoms with Gasteiger partial charge in [0.15, 0.2) is 9.84 Å². The molecule has 2 aliphatic rings. The van der Waals surface area contributed by atoms with Crippen molar-refractivity contribution in [3.05, 3.63) is 0 Å². The van der Waals surface area contributed by atoms with Crippen molar-refractivity contribution in [2.24, 2.45) is 0 Å². The Labute approximate surface area is 86.2 Å². The molecule has 2 atom stereocenters. The van der Waals surface area contributed by atoms with E-state index >= 15 is 0 Å². The van der Waals surface area contributed by atoms with Crippen molar-refractivity contribution < 1.29 is 8.42 Å². The molecule has 0 amide bonds. The van der Waals surface area contributed by atoms with Crippen LogP contribution in [0.5, 0.6) is 0 Å². The lowest BCUT2D eigenvalue weighted by atomic mass is 9.93. The van der Waals surface area contributed by atoms with Crippen LogP contribution in [0, 0.1) is 0 Å². The van der Waals surface area contributed by atoms with Gasteiger partial charge in [-0.25, -0.2) is 8.42 Å². The number of sulfone groups is 1. The van der Waals surface area contributed by atoms with Crippen LogP contribution < -0.4 is 5.32 Å². The van der Waals surface area contributed by atoms with Crippen molar-refractivity contribution in [3.63, 3.8) is 0 Å². The predicted molar refractivity (Wildman–Crippen MR) is 57.1 cm³/mol. The van der Waals surface area contributed by atoms with E-state index in [2.05, 4.69) is 12.2 Å². The standard InChI is InChI=1S/C10H19NO2S/c1-10(5-3-6-11-10)8-9-4-2-7-14(9,12)13/h9,11H,2-8H2,1H3. The van der Waals surface area contributed by atoms with E-state index in [4.69, 9.17) is 0 Å². The van der Waals surface area contributed by atoms with Gasteiger partial charge in [0, 0.05) is 5.54 Å². The average Bonchev–Trinajstić information content (AvgIpc) is 2.61. The van der Waals surface area contributed by atoms with Crippen LogP contribution in [0.1, 0.15) is 39.0 Å². The summed E-state index contributed by atoms with van der Waals surface area (Å²) in [4.78, 5) is 0. The number of rotatable bonds is 2. The highest BCUT2D eigenvalue weighted by Gasteiger charge is 2.38. The second-order valence-corrected chi connectivity index (χ2v) is 7.33. The zero-order valence-corrected chi connectivity index (χ0v) is 9.57. The van der Waals surface area contributed by atoms with E-state index in [-0.39, 0.29) is 10.8 Å². The number of nitrogens with one attached hydrogen (secondary N) is 1. The van der Waals surface area contributed by atoms with Crippen LogP contribution in [0.4, 0.5) is 0 Å². The molecule has 2 fully saturated rings. The summed E-state index contributed by atoms with van der Waals surface area (Å²) >= 11 is 0. The van der Waals surface area contributed by atoms with Crippen molar-refractivity contribution in [2.45, 2.75) is 49.8 Å². The lowest BCUT2D eigenvalue weighted by Crippen LogP contribution is -2.40. The van der Waals surface area contributed by atoms with Gasteiger partial charge in [0.25, 0.3) is 0 Å². The van der Waals surface area contributed by atoms with Gasteiger partial charge < -0.3 is 5.32 Å². The van der Waals surface area contributed by atoms with Gasteiger partial charge in [-0.05, 0) is 45.6 Å². The molecule has 0 bridgehead atoms. The van der Waals surface area contributed by atoms with E-state index in [1.807, 2.05) is 0 Å². The van der Waals surface area contributed by atoms with E-state index in [1.54, 1.807) is 0 Å². The summed E-state index contributed by atoms with van der Waals surface area (Å²) < 4.78 is 23.3. The highest BCUT2D eigenvalue weighted by molar-refractivity contribution is 7.92. The van der Waals surface area contributed by atoms with Crippen LogP contribution in [0.3, 0.4) is 0 Å². The molecule has 82 valence electrons. The molecule has 2 unspecified atom stereocenters. The van der Waals surface area contributed by atoms with E-state index in [0.29, 0.717) is 5.75 Å². The second kappa shape index (κ2) is 3.49. The SMILES string of the molecule is CC1(CC2CCCS2(=O)=O)CCCN1. The molecule has 2 rings (SSSR count). The molecule has 0 aromatic rings. The van der Waals surface area contributed by atoms with Gasteiger partial charge in [0.05, 0.1) is 11.0 Å². The molecule has 4 heteroatoms. The molecule has 0 aromatic carbocycles. The van der Waals surface area contributed by atoms with Crippen LogP contribution in [-0.2, 0) is 9.84 Å². The van der Waals surface area contributed by atoms with E-state index in [1.165, 1.54) is 6.42 Å². The largest absolute Gasteiger partial charge is 0.311 e. The van der Waals surface area contributed by atoms with E-state index in [0.717, 1.165) is 32.2 Å². The first-order valence-electron chi connectivity index (χ1n) is 5.48. The van der Waals surface area contributed by atoms with Gasteiger partial charge in [0.1, 0.15) is 0 Å². The van der Waals surface area contributed by atoms with Crippen LogP contribution in [0.15, 0.2) is 0 Å². The summed E-state index contributed by atoms with van der Waals surface area (Å²) in [5.74, 6) is 0.410. The fourth-order valence-electron chi connectivity index (χ4n) is 2.72. The smallest absolute Gasteiger partial charge is 0.153 e. The number of hydrogen-bond acceptors (Lipinski definition) is 3. The first kappa shape index (κ1) is 10.4. The Balaban J connectivity index is 2.03. The molecule has 0 spiro atoms. The Morgan fingerprint density at radius 3 is 2.71 bits per heavy atom. The molecule has 0 saturated carbocycles. The summed E-state index contributed by atoms with van der Waals surface area (Å²) in [5, 5.41) is 3.36. The lowest BCUT2D eigenvalue weighted by molar-refractivity contribution is 0.372. The highest BCUT2D eigenvalue weighted by atomic mass is 32.2. The maximum Gasteiger partial charge on any atom is 0.153 e. The minimum Gasteiger partial charge on any atom is -0.311 e. The molecule has 0 radical (unpaired) electrons. The van der Waals surface area contributed by atoms with Crippen LogP contribution >= 0.6 is 0 Å².